The summed E-state index contributed by atoms with van der Waals surface area (Å²) < 4.78 is 0. The van der Waals surface area contributed by atoms with Crippen molar-refractivity contribution >= 4 is 17.6 Å². The molecule has 0 radical (unpaired) electrons. The summed E-state index contributed by atoms with van der Waals surface area (Å²) in [5.41, 5.74) is 27.8. The molecule has 0 aliphatic rings. The van der Waals surface area contributed by atoms with Crippen molar-refractivity contribution in [2.45, 2.75) is 218 Å². The SMILES string of the molecule is CCCCCCCC/C=C\CCCCCCCCN(CCCCCCCCCCCCCCCC)C(=O)C(N)(CN)C(=O)[C@H](N)CCCN=C(N)N. The highest BCUT2D eigenvalue weighted by Crippen LogP contribution is 2.17. The Hall–Kier alpha value is -1.97. The summed E-state index contributed by atoms with van der Waals surface area (Å²) in [6.07, 6.45) is 40.7. The Morgan fingerprint density at radius 2 is 0.962 bits per heavy atom. The van der Waals surface area contributed by atoms with E-state index in [4.69, 9.17) is 28.7 Å². The molecule has 1 unspecified atom stereocenters. The van der Waals surface area contributed by atoms with Crippen LogP contribution in [-0.2, 0) is 9.59 Å². The Labute approximate surface area is 321 Å². The lowest BCUT2D eigenvalue weighted by Gasteiger charge is -2.34. The molecule has 0 aromatic rings. The average molecular weight is 734 g/mol. The molecule has 0 heterocycles. The van der Waals surface area contributed by atoms with Gasteiger partial charge in [-0.2, -0.15) is 0 Å². The number of Topliss-reactive ketones (excluding diaryl/α,β-unsaturated/α-hetero) is 1. The number of nitrogens with zero attached hydrogens (tertiary/aromatic N) is 2. The maximum atomic E-state index is 13.9. The lowest BCUT2D eigenvalue weighted by Crippen LogP contribution is -2.68. The van der Waals surface area contributed by atoms with Crippen LogP contribution in [0, 0.1) is 0 Å². The summed E-state index contributed by atoms with van der Waals surface area (Å²) in [6.45, 7) is 5.80. The van der Waals surface area contributed by atoms with Crippen LogP contribution in [0.2, 0.25) is 0 Å². The molecule has 9 nitrogen and oxygen atoms in total. The highest BCUT2D eigenvalue weighted by molar-refractivity contribution is 6.12. The molecule has 0 aliphatic carbocycles. The molecule has 10 N–H and O–H groups in total. The van der Waals surface area contributed by atoms with Crippen molar-refractivity contribution in [3.8, 4) is 0 Å². The van der Waals surface area contributed by atoms with Gasteiger partial charge < -0.3 is 33.6 Å². The Balaban J connectivity index is 4.71. The fraction of sp³-hybridized carbons (Fsp3) is 0.884. The van der Waals surface area contributed by atoms with Crippen LogP contribution in [0.1, 0.15) is 206 Å². The van der Waals surface area contributed by atoms with Gasteiger partial charge in [0, 0.05) is 26.2 Å². The summed E-state index contributed by atoms with van der Waals surface area (Å²) in [7, 11) is 0. The molecule has 2 atom stereocenters. The smallest absolute Gasteiger partial charge is 0.251 e. The van der Waals surface area contributed by atoms with Crippen LogP contribution >= 0.6 is 0 Å². The first kappa shape index (κ1) is 50.0. The Morgan fingerprint density at radius 1 is 0.596 bits per heavy atom. The second-order valence-corrected chi connectivity index (χ2v) is 15.4. The van der Waals surface area contributed by atoms with Crippen molar-refractivity contribution in [3.05, 3.63) is 12.2 Å². The van der Waals surface area contributed by atoms with Gasteiger partial charge in [-0.05, 0) is 51.4 Å². The van der Waals surface area contributed by atoms with Gasteiger partial charge in [-0.15, -0.1) is 0 Å². The zero-order chi connectivity index (χ0) is 38.5. The highest BCUT2D eigenvalue weighted by atomic mass is 16.2. The van der Waals surface area contributed by atoms with E-state index in [1.165, 1.54) is 141 Å². The monoisotopic (exact) mass is 734 g/mol. The third-order valence-electron chi connectivity index (χ3n) is 10.5. The lowest BCUT2D eigenvalue weighted by molar-refractivity contribution is -0.143. The molecule has 306 valence electrons. The molecule has 9 heteroatoms. The molecular formula is C43H87N7O2. The van der Waals surface area contributed by atoms with Crippen molar-refractivity contribution in [2.75, 3.05) is 26.2 Å². The first-order valence-corrected chi connectivity index (χ1v) is 22.0. The number of carbonyl (C=O) groups is 2. The number of nitrogens with two attached hydrogens (primary N) is 5. The largest absolute Gasteiger partial charge is 0.370 e. The minimum atomic E-state index is -1.83. The van der Waals surface area contributed by atoms with Crippen LogP contribution in [0.3, 0.4) is 0 Å². The number of unbranched alkanes of at least 4 members (excludes halogenated alkanes) is 25. The minimum Gasteiger partial charge on any atom is -0.370 e. The second-order valence-electron chi connectivity index (χ2n) is 15.4. The molecule has 52 heavy (non-hydrogen) atoms. The van der Waals surface area contributed by atoms with Crippen molar-refractivity contribution in [1.82, 2.24) is 4.90 Å². The van der Waals surface area contributed by atoms with E-state index in [0.717, 1.165) is 38.5 Å². The van der Waals surface area contributed by atoms with Gasteiger partial charge in [0.25, 0.3) is 5.91 Å². The van der Waals surface area contributed by atoms with Gasteiger partial charge in [-0.1, -0.05) is 167 Å². The molecule has 1 amide bonds. The number of hydrogen-bond donors (Lipinski definition) is 5. The summed E-state index contributed by atoms with van der Waals surface area (Å²) >= 11 is 0. The first-order valence-electron chi connectivity index (χ1n) is 22.0. The topological polar surface area (TPSA) is 180 Å². The third kappa shape index (κ3) is 27.6. The fourth-order valence-corrected chi connectivity index (χ4v) is 6.92. The normalized spacial score (nSPS) is 13.3. The van der Waals surface area contributed by atoms with Crippen LogP contribution in [0.5, 0.6) is 0 Å². The van der Waals surface area contributed by atoms with E-state index in [9.17, 15) is 9.59 Å². The number of guanidine groups is 1. The average Bonchev–Trinajstić information content (AvgIpc) is 3.14. The molecule has 0 spiro atoms. The van der Waals surface area contributed by atoms with Crippen LogP contribution in [0.4, 0.5) is 0 Å². The summed E-state index contributed by atoms with van der Waals surface area (Å²) in [6, 6.07) is -0.903. The van der Waals surface area contributed by atoms with Crippen LogP contribution in [0.25, 0.3) is 0 Å². The van der Waals surface area contributed by atoms with E-state index in [2.05, 4.69) is 31.0 Å². The van der Waals surface area contributed by atoms with E-state index in [0.29, 0.717) is 32.5 Å². The van der Waals surface area contributed by atoms with E-state index in [-0.39, 0.29) is 18.4 Å². The van der Waals surface area contributed by atoms with Gasteiger partial charge in [0.15, 0.2) is 17.3 Å². The Morgan fingerprint density at radius 3 is 1.33 bits per heavy atom. The molecule has 0 bridgehead atoms. The second kappa shape index (κ2) is 36.0. The van der Waals surface area contributed by atoms with E-state index in [1.54, 1.807) is 4.90 Å². The quantitative estimate of drug-likeness (QED) is 0.0137. The van der Waals surface area contributed by atoms with Crippen molar-refractivity contribution in [3.63, 3.8) is 0 Å². The molecule has 0 saturated carbocycles. The summed E-state index contributed by atoms with van der Waals surface area (Å²) in [5.74, 6) is -0.894. The molecule has 0 aromatic heterocycles. The van der Waals surface area contributed by atoms with E-state index in [1.807, 2.05) is 0 Å². The van der Waals surface area contributed by atoms with Gasteiger partial charge >= 0.3 is 0 Å². The van der Waals surface area contributed by atoms with Crippen LogP contribution in [-0.4, -0.2) is 60.3 Å². The van der Waals surface area contributed by atoms with Crippen molar-refractivity contribution in [2.24, 2.45) is 33.7 Å². The summed E-state index contributed by atoms with van der Waals surface area (Å²) in [4.78, 5) is 33.1. The zero-order valence-corrected chi connectivity index (χ0v) is 34.4. The van der Waals surface area contributed by atoms with Gasteiger partial charge in [0.05, 0.1) is 6.04 Å². The lowest BCUT2D eigenvalue weighted by atomic mass is 9.87. The Kier molecular flexibility index (Phi) is 34.7. The number of aliphatic imine (C=N–C) groups is 1. The van der Waals surface area contributed by atoms with Gasteiger partial charge in [0.2, 0.25) is 0 Å². The molecule has 0 fully saturated rings. The van der Waals surface area contributed by atoms with Gasteiger partial charge in [0.1, 0.15) is 0 Å². The predicted octanol–water partition coefficient (Wildman–Crippen LogP) is 8.94. The van der Waals surface area contributed by atoms with E-state index >= 15 is 0 Å². The number of amides is 1. The van der Waals surface area contributed by atoms with Crippen molar-refractivity contribution < 1.29 is 9.59 Å². The molecule has 0 aromatic carbocycles. The van der Waals surface area contributed by atoms with E-state index < -0.39 is 17.4 Å². The summed E-state index contributed by atoms with van der Waals surface area (Å²) in [5, 5.41) is 0. The number of rotatable bonds is 39. The van der Waals surface area contributed by atoms with Crippen LogP contribution < -0.4 is 28.7 Å². The molecule has 0 rings (SSSR count). The van der Waals surface area contributed by atoms with Crippen molar-refractivity contribution in [1.29, 1.82) is 0 Å². The minimum absolute atomic E-state index is 0.00409. The number of ketones is 1. The zero-order valence-electron chi connectivity index (χ0n) is 34.4. The van der Waals surface area contributed by atoms with Gasteiger partial charge in [-0.3, -0.25) is 14.6 Å². The molecule has 0 saturated heterocycles. The predicted molar refractivity (Wildman–Crippen MR) is 225 cm³/mol. The first-order chi connectivity index (χ1) is 25.2. The van der Waals surface area contributed by atoms with Gasteiger partial charge in [-0.25, -0.2) is 0 Å². The van der Waals surface area contributed by atoms with Crippen LogP contribution in [0.15, 0.2) is 17.1 Å². The maximum absolute atomic E-state index is 13.9. The maximum Gasteiger partial charge on any atom is 0.251 e. The fourth-order valence-electron chi connectivity index (χ4n) is 6.92. The molecule has 0 aliphatic heterocycles. The third-order valence-corrected chi connectivity index (χ3v) is 10.5. The standard InChI is InChI=1S/C43H87N7O2/c1-3-5-7-9-11-13-15-17-19-20-22-24-26-28-30-32-37-50(36-31-29-27-25-23-21-18-16-14-12-10-8-6-4-2)41(52)43(48,38-44)40(51)39(45)34-33-35-49-42(46)47/h17,19,39H,3-16,18,20-38,44-45,48H2,1-2H3,(H4,46,47,49)/b19-17-/t39-,43?/m1/s1. The number of hydrogen-bond acceptors (Lipinski definition) is 6. The highest BCUT2D eigenvalue weighted by Gasteiger charge is 2.45. The Bertz CT molecular complexity index is 893. The number of allylic oxidation sites excluding steroid dienone is 2. The molecular weight excluding hydrogens is 647 g/mol. The number of carbonyl (C=O) groups excluding carboxylic acids is 2.